The second kappa shape index (κ2) is 10.3. The molecule has 4 saturated carbocycles. The van der Waals surface area contributed by atoms with E-state index in [0.717, 1.165) is 20.0 Å². The molecule has 39 heavy (non-hydrogen) atoms. The van der Waals surface area contributed by atoms with E-state index in [1.165, 1.54) is 0 Å². The minimum Gasteiger partial charge on any atom is -0.467 e. The van der Waals surface area contributed by atoms with Crippen LogP contribution >= 0.6 is 0 Å². The first-order chi connectivity index (χ1) is 18.3. The number of hydrogen-bond donors (Lipinski definition) is 6. The van der Waals surface area contributed by atoms with Gasteiger partial charge in [0, 0.05) is 17.8 Å². The van der Waals surface area contributed by atoms with Gasteiger partial charge in [0.2, 0.25) is 0 Å². The van der Waals surface area contributed by atoms with Crippen LogP contribution in [-0.2, 0) is 23.8 Å². The predicted molar refractivity (Wildman–Crippen MR) is 134 cm³/mol. The molecule has 5 fully saturated rings. The number of ketones is 1. The van der Waals surface area contributed by atoms with Crippen LogP contribution in [0.25, 0.3) is 0 Å². The molecule has 0 spiro atoms. The predicted octanol–water partition coefficient (Wildman–Crippen LogP) is -0.342. The van der Waals surface area contributed by atoms with Crippen LogP contribution < -0.4 is 0 Å². The number of esters is 1. The van der Waals surface area contributed by atoms with Crippen LogP contribution in [0.1, 0.15) is 65.2 Å². The van der Waals surface area contributed by atoms with E-state index in [1.54, 1.807) is 0 Å². The lowest BCUT2D eigenvalue weighted by molar-refractivity contribution is -0.309. The molecule has 5 aliphatic rings. The maximum absolute atomic E-state index is 13.8. The second-order valence-corrected chi connectivity index (χ2v) is 13.2. The highest BCUT2D eigenvalue weighted by Crippen LogP contribution is 2.67. The molecular formula is C28H44O11. The van der Waals surface area contributed by atoms with Crippen LogP contribution in [0.15, 0.2) is 0 Å². The normalized spacial score (nSPS) is 52.4. The molecule has 0 bridgehead atoms. The Morgan fingerprint density at radius 3 is 2.46 bits per heavy atom. The molecule has 1 saturated heterocycles. The number of aliphatic hydroxyl groups is 6. The minimum atomic E-state index is -1.65. The second-order valence-electron chi connectivity index (χ2n) is 13.2. The Bertz CT molecular complexity index is 960. The van der Waals surface area contributed by atoms with E-state index in [-0.39, 0.29) is 47.4 Å². The van der Waals surface area contributed by atoms with E-state index < -0.39 is 60.4 Å². The molecule has 11 heteroatoms. The van der Waals surface area contributed by atoms with Crippen LogP contribution in [0, 0.1) is 34.5 Å². The van der Waals surface area contributed by atoms with Crippen molar-refractivity contribution < 1.29 is 54.4 Å². The summed E-state index contributed by atoms with van der Waals surface area (Å²) in [6, 6.07) is 0. The Balaban J connectivity index is 1.30. The highest BCUT2D eigenvalue weighted by Gasteiger charge is 2.68. The van der Waals surface area contributed by atoms with Gasteiger partial charge in [0.1, 0.15) is 30.2 Å². The number of Topliss-reactive ketones (excluding diaryl/α,β-unsaturated/α-hetero) is 1. The van der Waals surface area contributed by atoms with Crippen LogP contribution in [-0.4, -0.2) is 105 Å². The van der Waals surface area contributed by atoms with Gasteiger partial charge in [-0.1, -0.05) is 13.8 Å². The van der Waals surface area contributed by atoms with Crippen molar-refractivity contribution in [1.29, 1.82) is 0 Å². The molecule has 0 unspecified atom stereocenters. The van der Waals surface area contributed by atoms with Crippen molar-refractivity contribution in [1.82, 2.24) is 0 Å². The zero-order valence-corrected chi connectivity index (χ0v) is 22.9. The van der Waals surface area contributed by atoms with E-state index in [0.29, 0.717) is 32.1 Å². The van der Waals surface area contributed by atoms with Gasteiger partial charge in [-0.15, -0.1) is 0 Å². The molecule has 222 valence electrons. The Morgan fingerprint density at radius 2 is 1.79 bits per heavy atom. The third kappa shape index (κ3) is 4.31. The van der Waals surface area contributed by atoms with Gasteiger partial charge in [-0.2, -0.15) is 0 Å². The van der Waals surface area contributed by atoms with Gasteiger partial charge >= 0.3 is 5.97 Å². The number of methoxy groups -OCH3 is 1. The summed E-state index contributed by atoms with van der Waals surface area (Å²) in [6.07, 6.45) is -4.42. The zero-order chi connectivity index (χ0) is 28.5. The highest BCUT2D eigenvalue weighted by molar-refractivity contribution is 5.84. The fraction of sp³-hybridized carbons (Fsp3) is 0.929. The first kappa shape index (κ1) is 29.3. The standard InChI is InChI=1S/C28H44O11/c1-26-8-6-14(38-25-22(34)20(32)21(33)23(39-25)24(35)37-3)10-13(26)4-5-15-16-7-9-28(36,18(31)12-29)27(16,2)11-17(30)19(15)26/h13-16,18-23,25,29,31-34,36H,4-12H2,1-3H3/t13-,14-,15+,16-,18-,19-,20-,21+,22-,23+,25-,26-,27-,28+/m1/s1. The van der Waals surface area contributed by atoms with Crippen molar-refractivity contribution in [3.05, 3.63) is 0 Å². The number of aliphatic hydroxyl groups excluding tert-OH is 5. The van der Waals surface area contributed by atoms with Crippen molar-refractivity contribution in [2.75, 3.05) is 13.7 Å². The van der Waals surface area contributed by atoms with E-state index >= 15 is 0 Å². The summed E-state index contributed by atoms with van der Waals surface area (Å²) in [5.41, 5.74) is -2.54. The summed E-state index contributed by atoms with van der Waals surface area (Å²) >= 11 is 0. The molecule has 1 heterocycles. The fourth-order valence-electron chi connectivity index (χ4n) is 9.35. The van der Waals surface area contributed by atoms with E-state index in [2.05, 4.69) is 11.7 Å². The number of carbonyl (C=O) groups is 2. The average Bonchev–Trinajstić information content (AvgIpc) is 3.18. The van der Waals surface area contributed by atoms with E-state index in [4.69, 9.17) is 9.47 Å². The summed E-state index contributed by atoms with van der Waals surface area (Å²) in [5, 5.41) is 62.5. The van der Waals surface area contributed by atoms with Gasteiger partial charge in [-0.3, -0.25) is 4.79 Å². The minimum absolute atomic E-state index is 0.0760. The van der Waals surface area contributed by atoms with Crippen LogP contribution in [0.5, 0.6) is 0 Å². The summed E-state index contributed by atoms with van der Waals surface area (Å²) < 4.78 is 16.3. The molecule has 5 rings (SSSR count). The summed E-state index contributed by atoms with van der Waals surface area (Å²) in [7, 11) is 1.14. The lowest BCUT2D eigenvalue weighted by atomic mass is 9.44. The number of fused-ring (bicyclic) bond motifs is 5. The molecule has 11 nitrogen and oxygen atoms in total. The Morgan fingerprint density at radius 1 is 1.08 bits per heavy atom. The van der Waals surface area contributed by atoms with Gasteiger partial charge < -0.3 is 44.8 Å². The van der Waals surface area contributed by atoms with Crippen LogP contribution in [0.4, 0.5) is 0 Å². The topological polar surface area (TPSA) is 183 Å². The molecule has 0 amide bonds. The smallest absolute Gasteiger partial charge is 0.337 e. The number of ether oxygens (including phenoxy) is 3. The van der Waals surface area contributed by atoms with Gasteiger partial charge in [-0.05, 0) is 68.1 Å². The zero-order valence-electron chi connectivity index (χ0n) is 22.9. The quantitative estimate of drug-likeness (QED) is 0.192. The van der Waals surface area contributed by atoms with E-state index in [1.807, 2.05) is 6.92 Å². The number of carbonyl (C=O) groups excluding carboxylic acids is 2. The molecule has 6 N–H and O–H groups in total. The summed E-state index contributed by atoms with van der Waals surface area (Å²) in [5.74, 6) is -0.588. The van der Waals surface area contributed by atoms with Crippen LogP contribution in [0.2, 0.25) is 0 Å². The van der Waals surface area contributed by atoms with Gasteiger partial charge in [0.15, 0.2) is 12.4 Å². The summed E-state index contributed by atoms with van der Waals surface area (Å²) in [4.78, 5) is 25.9. The highest BCUT2D eigenvalue weighted by atomic mass is 16.7. The van der Waals surface area contributed by atoms with Gasteiger partial charge in [0.05, 0.1) is 25.4 Å². The fourth-order valence-corrected chi connectivity index (χ4v) is 9.35. The van der Waals surface area contributed by atoms with E-state index in [9.17, 15) is 40.2 Å². The van der Waals surface area contributed by atoms with Gasteiger partial charge in [0.25, 0.3) is 0 Å². The maximum atomic E-state index is 13.8. The van der Waals surface area contributed by atoms with Crippen molar-refractivity contribution in [3.63, 3.8) is 0 Å². The maximum Gasteiger partial charge on any atom is 0.337 e. The first-order valence-electron chi connectivity index (χ1n) is 14.3. The Labute approximate surface area is 228 Å². The average molecular weight is 557 g/mol. The molecule has 0 radical (unpaired) electrons. The molecule has 14 atom stereocenters. The van der Waals surface area contributed by atoms with Crippen molar-refractivity contribution in [2.45, 2.75) is 114 Å². The SMILES string of the molecule is COC(=O)[C@H]1O[C@@H](O[C@@H]2CC[C@]3(C)[C@H](CC[C@H]4[C@H]5CC[C@](O)([C@H](O)CO)[C@]5(C)CC(=O)[C@@H]43)C2)[C@H](O)[C@H](O)[C@@H]1O. The molecular weight excluding hydrogens is 512 g/mol. The third-order valence-corrected chi connectivity index (χ3v) is 11.6. The molecule has 1 aliphatic heterocycles. The Hall–Kier alpha value is -1.18. The lowest BCUT2D eigenvalue weighted by Crippen LogP contribution is -2.63. The third-order valence-electron chi connectivity index (χ3n) is 11.6. The first-order valence-corrected chi connectivity index (χ1v) is 14.3. The molecule has 4 aliphatic carbocycles. The van der Waals surface area contributed by atoms with Crippen molar-refractivity contribution in [3.8, 4) is 0 Å². The lowest BCUT2D eigenvalue weighted by Gasteiger charge is -2.61. The molecule has 0 aromatic carbocycles. The van der Waals surface area contributed by atoms with Crippen molar-refractivity contribution in [2.24, 2.45) is 34.5 Å². The summed E-state index contributed by atoms with van der Waals surface area (Å²) in [6.45, 7) is 3.53. The Kier molecular flexibility index (Phi) is 7.72. The monoisotopic (exact) mass is 556 g/mol. The van der Waals surface area contributed by atoms with Crippen LogP contribution in [0.3, 0.4) is 0 Å². The number of rotatable bonds is 5. The van der Waals surface area contributed by atoms with Gasteiger partial charge in [-0.25, -0.2) is 4.79 Å². The number of hydrogen-bond acceptors (Lipinski definition) is 11. The molecule has 0 aromatic heterocycles. The largest absolute Gasteiger partial charge is 0.467 e. The molecule has 0 aromatic rings. The van der Waals surface area contributed by atoms with Crippen molar-refractivity contribution >= 4 is 11.8 Å².